The number of nitrogens with one attached hydrogen (secondary N) is 3. The Morgan fingerprint density at radius 1 is 0.688 bits per heavy atom. The van der Waals surface area contributed by atoms with Crippen molar-refractivity contribution in [3.05, 3.63) is 147 Å². The second kappa shape index (κ2) is 22.9. The number of aliphatic hydroxyl groups excluding tert-OH is 3. The Balaban J connectivity index is 1.02. The zero-order chi connectivity index (χ0) is 55.9. The van der Waals surface area contributed by atoms with Crippen LogP contribution in [-0.2, 0) is 22.6 Å². The molecule has 2 aromatic carbocycles. The highest BCUT2D eigenvalue weighted by Crippen LogP contribution is 2.43. The molecule has 9 N–H and O–H groups in total. The van der Waals surface area contributed by atoms with E-state index in [1.54, 1.807) is 72.3 Å². The third-order valence-electron chi connectivity index (χ3n) is 13.4. The van der Waals surface area contributed by atoms with Gasteiger partial charge in [0, 0.05) is 56.2 Å². The van der Waals surface area contributed by atoms with E-state index in [1.165, 1.54) is 67.8 Å². The maximum absolute atomic E-state index is 15.1. The van der Waals surface area contributed by atoms with Gasteiger partial charge in [0.1, 0.15) is 88.1 Å². The largest absolute Gasteiger partial charge is 0.508 e. The van der Waals surface area contributed by atoms with E-state index in [9.17, 15) is 39.6 Å². The van der Waals surface area contributed by atoms with E-state index in [1.807, 2.05) is 17.7 Å². The van der Waals surface area contributed by atoms with Gasteiger partial charge in [-0.05, 0) is 42.3 Å². The maximum Gasteiger partial charge on any atom is 0.271 e. The summed E-state index contributed by atoms with van der Waals surface area (Å²) in [6.07, 6.45) is -2.75. The Labute approximate surface area is 479 Å². The molecule has 2 aliphatic heterocycles. The minimum Gasteiger partial charge on any atom is -0.508 e. The second-order valence-electron chi connectivity index (χ2n) is 18.8. The molecule has 0 radical (unpaired) electrons. The number of aromatic hydroxyl groups is 1. The number of phenolic OH excluding ortho intramolecular Hbond substituents is 1. The number of hydrogen-bond donors (Lipinski definition) is 8. The molecule has 7 atom stereocenters. The first kappa shape index (κ1) is 54.4. The summed E-state index contributed by atoms with van der Waals surface area (Å²) >= 11 is 7.12. The predicted molar refractivity (Wildman–Crippen MR) is 302 cm³/mol. The van der Waals surface area contributed by atoms with Crippen LogP contribution in [0, 0.1) is 12.8 Å². The van der Waals surface area contributed by atoms with Gasteiger partial charge in [0.05, 0.1) is 42.6 Å². The van der Waals surface area contributed by atoms with Crippen molar-refractivity contribution in [1.29, 1.82) is 0 Å². The summed E-state index contributed by atoms with van der Waals surface area (Å²) in [5, 5.41) is 62.6. The number of primary amides is 1. The molecule has 7 aromatic heterocycles. The molecule has 1 fully saturated rings. The van der Waals surface area contributed by atoms with Crippen LogP contribution in [0.5, 0.6) is 5.75 Å². The summed E-state index contributed by atoms with van der Waals surface area (Å²) in [7, 11) is 0. The van der Waals surface area contributed by atoms with E-state index in [0.29, 0.717) is 70.1 Å². The van der Waals surface area contributed by atoms with Crippen LogP contribution in [0.15, 0.2) is 93.6 Å². The lowest BCUT2D eigenvalue weighted by molar-refractivity contribution is -0.134. The number of amides is 5. The Bertz CT molecular complexity index is 3800. The molecule has 2 aliphatic rings. The average molecular weight is 1190 g/mol. The van der Waals surface area contributed by atoms with Crippen LogP contribution in [0.2, 0.25) is 0 Å². The highest BCUT2D eigenvalue weighted by Gasteiger charge is 2.45. The fourth-order valence-electron chi connectivity index (χ4n) is 9.30. The van der Waals surface area contributed by atoms with Gasteiger partial charge >= 0.3 is 0 Å². The lowest BCUT2D eigenvalue weighted by atomic mass is 10.00. The number of rotatable bonds is 8. The van der Waals surface area contributed by atoms with E-state index in [2.05, 4.69) is 30.9 Å². The second-order valence-corrected chi connectivity index (χ2v) is 24.4. The van der Waals surface area contributed by atoms with E-state index in [0.717, 1.165) is 22.7 Å². The van der Waals surface area contributed by atoms with Gasteiger partial charge < -0.3 is 47.0 Å². The van der Waals surface area contributed by atoms with Gasteiger partial charge in [-0.15, -0.1) is 68.0 Å². The van der Waals surface area contributed by atoms with Gasteiger partial charge in [-0.3, -0.25) is 24.0 Å². The number of hydrogen-bond acceptors (Lipinski definition) is 22. The molecule has 21 nitrogen and oxygen atoms in total. The molecule has 0 spiro atoms. The van der Waals surface area contributed by atoms with Crippen molar-refractivity contribution < 1.29 is 44.4 Å². The van der Waals surface area contributed by atoms with Crippen LogP contribution in [0.3, 0.4) is 0 Å². The molecule has 9 heterocycles. The van der Waals surface area contributed by atoms with E-state index in [4.69, 9.17) is 25.7 Å². The van der Waals surface area contributed by atoms with Crippen molar-refractivity contribution in [2.75, 3.05) is 6.54 Å². The highest BCUT2D eigenvalue weighted by molar-refractivity contribution is 7.15. The van der Waals surface area contributed by atoms with E-state index in [-0.39, 0.29) is 58.8 Å². The Hall–Kier alpha value is -7.60. The smallest absolute Gasteiger partial charge is 0.271 e. The number of carbonyl (C=O) groups is 5. The Morgan fingerprint density at radius 2 is 1.34 bits per heavy atom. The van der Waals surface area contributed by atoms with Gasteiger partial charge in [-0.1, -0.05) is 49.4 Å². The third-order valence-corrected chi connectivity index (χ3v) is 19.0. The number of aromatic nitrogens is 7. The molecule has 9 aromatic rings. The molecule has 5 amide bonds. The molecule has 11 rings (SSSR count). The van der Waals surface area contributed by atoms with Crippen LogP contribution in [0.25, 0.3) is 43.4 Å². The number of carbonyl (C=O) groups excluding carboxylic acids is 5. The lowest BCUT2D eigenvalue weighted by Crippen LogP contribution is -2.50. The molecule has 80 heavy (non-hydrogen) atoms. The fourth-order valence-corrected chi connectivity index (χ4v) is 14.6. The van der Waals surface area contributed by atoms with Crippen LogP contribution in [-0.4, -0.2) is 108 Å². The van der Waals surface area contributed by atoms with Crippen molar-refractivity contribution in [1.82, 2.24) is 55.7 Å². The van der Waals surface area contributed by atoms with Gasteiger partial charge in [-0.25, -0.2) is 34.9 Å². The van der Waals surface area contributed by atoms with Crippen molar-refractivity contribution in [2.45, 2.75) is 69.7 Å². The first-order valence-electron chi connectivity index (χ1n) is 24.7. The number of pyridine rings is 1. The number of thiazole rings is 6. The number of benzene rings is 2. The summed E-state index contributed by atoms with van der Waals surface area (Å²) in [6, 6.07) is 14.0. The molecule has 408 valence electrons. The Kier molecular flexibility index (Phi) is 15.5. The number of aryl methyl sites for hydroxylation is 1. The molecular weight excluding hydrogens is 1140 g/mol. The third kappa shape index (κ3) is 11.1. The van der Waals surface area contributed by atoms with Crippen molar-refractivity contribution >= 4 is 97.6 Å². The highest BCUT2D eigenvalue weighted by atomic mass is 32.1. The SMILES string of the molecule is Cc1sc2nc1C(=O)N[C@@H]([C@H](O)c1ccccc1)c1nc(cs1)C(=O)N[C@@H](Cc1ccc(O)cc1)C(=O)N1C[C@H](O)[C@H](C)[C@H]1c1nc(cs1)-c1nc(cs1)-c1nc(-c3nc(CO)cs3)ccc1-c1nc(cs1)C(=O)N[C@H]2CC(N)=O. The first-order chi connectivity index (χ1) is 38.6. The van der Waals surface area contributed by atoms with Gasteiger partial charge in [0.25, 0.3) is 17.7 Å². The van der Waals surface area contributed by atoms with Crippen LogP contribution in [0.4, 0.5) is 0 Å². The van der Waals surface area contributed by atoms with Crippen molar-refractivity contribution in [3.63, 3.8) is 0 Å². The minimum atomic E-state index is -1.40. The molecular formula is C53H46N12O9S6. The first-order valence-corrected chi connectivity index (χ1v) is 29.9. The Morgan fingerprint density at radius 3 is 2.09 bits per heavy atom. The number of phenols is 1. The van der Waals surface area contributed by atoms with E-state index >= 15 is 4.79 Å². The van der Waals surface area contributed by atoms with Crippen molar-refractivity contribution in [3.8, 4) is 49.1 Å². The fraction of sp³-hybridized carbons (Fsp3) is 0.245. The summed E-state index contributed by atoms with van der Waals surface area (Å²) in [4.78, 5) is 106. The molecule has 0 saturated carbocycles. The predicted octanol–water partition coefficient (Wildman–Crippen LogP) is 6.78. The van der Waals surface area contributed by atoms with Gasteiger partial charge in [0.2, 0.25) is 11.8 Å². The topological polar surface area (TPSA) is 322 Å². The summed E-state index contributed by atoms with van der Waals surface area (Å²) in [5.74, 6) is -3.89. The zero-order valence-electron chi connectivity index (χ0n) is 42.0. The normalized spacial score (nSPS) is 20.1. The molecule has 0 aliphatic carbocycles. The van der Waals surface area contributed by atoms with Crippen LogP contribution in [0.1, 0.15) is 106 Å². The van der Waals surface area contributed by atoms with Gasteiger partial charge in [0.15, 0.2) is 0 Å². The molecule has 10 bridgehead atoms. The standard InChI is InChI=1S/C53H46N12O9S6/c1-23-37(68)16-65-42(23)52-62-36(22-79-52)49-59-33(19-77-49)40-29(12-13-30(56-40)48-55-27(17-66)18-75-48)47-60-34(20-76-47)44(71)57-31(15-38(54)69)50-64-39(24(2)80-50)46(73)63-41(43(70)26-6-4-3-5-7-26)51-61-35(21-78-51)45(72)58-32(53(65)74)14-25-8-10-28(67)11-9-25/h3-13,18-23,31-32,37,41-43,66-68,70H,14-17H2,1-2H3,(H2,54,69)(H,57,71)(H,58,72)(H,63,73)/t23-,31-,32-,37-,41-,42-,43+/m0/s1. The van der Waals surface area contributed by atoms with Crippen LogP contribution >= 0.6 is 68.0 Å². The lowest BCUT2D eigenvalue weighted by Gasteiger charge is -2.29. The van der Waals surface area contributed by atoms with Gasteiger partial charge in [-0.2, -0.15) is 0 Å². The molecule has 27 heteroatoms. The van der Waals surface area contributed by atoms with E-state index < -0.39 is 71.8 Å². The number of nitrogens with two attached hydrogens (primary N) is 1. The molecule has 0 unspecified atom stereocenters. The summed E-state index contributed by atoms with van der Waals surface area (Å²) in [5.41, 5.74) is 9.42. The monoisotopic (exact) mass is 1190 g/mol. The zero-order valence-corrected chi connectivity index (χ0v) is 46.9. The summed E-state index contributed by atoms with van der Waals surface area (Å²) < 4.78 is 0. The van der Waals surface area contributed by atoms with Crippen molar-refractivity contribution in [2.24, 2.45) is 11.7 Å². The number of fused-ring (bicyclic) bond motifs is 16. The number of nitrogens with zero attached hydrogens (tertiary/aromatic N) is 8. The summed E-state index contributed by atoms with van der Waals surface area (Å²) in [6.45, 7) is 3.14. The minimum absolute atomic E-state index is 0.00519. The number of aliphatic hydroxyl groups is 3. The quantitative estimate of drug-likeness (QED) is 0.0777. The average Bonchev–Trinajstić information content (AvgIpc) is 4.36. The maximum atomic E-state index is 15.1. The molecule has 1 saturated heterocycles. The van der Waals surface area contributed by atoms with Crippen LogP contribution < -0.4 is 21.7 Å².